The van der Waals surface area contributed by atoms with E-state index in [0.29, 0.717) is 11.5 Å². The van der Waals surface area contributed by atoms with E-state index in [0.717, 1.165) is 19.9 Å². The molecule has 1 heterocycles. The monoisotopic (exact) mass is 643 g/mol. The second-order valence-corrected chi connectivity index (χ2v) is 13.1. The van der Waals surface area contributed by atoms with Crippen LogP contribution in [0.15, 0.2) is 77.3 Å². The fraction of sp³-hybridized carbons (Fsp3) is 0.333. The van der Waals surface area contributed by atoms with E-state index < -0.39 is 28.5 Å². The summed E-state index contributed by atoms with van der Waals surface area (Å²) in [5.41, 5.74) is 1.94. The van der Waals surface area contributed by atoms with Gasteiger partial charge in [-0.3, -0.25) is 13.9 Å². The van der Waals surface area contributed by atoms with Crippen LogP contribution in [0.25, 0.3) is 0 Å². The van der Waals surface area contributed by atoms with E-state index in [1.54, 1.807) is 18.2 Å². The molecular formula is C30H34BrN3O6S. The van der Waals surface area contributed by atoms with Gasteiger partial charge < -0.3 is 19.7 Å². The van der Waals surface area contributed by atoms with Crippen LogP contribution in [0.4, 0.5) is 5.69 Å². The third-order valence-corrected chi connectivity index (χ3v) is 8.80. The quantitative estimate of drug-likeness (QED) is 0.312. The molecule has 3 aromatic carbocycles. The fourth-order valence-electron chi connectivity index (χ4n) is 4.53. The van der Waals surface area contributed by atoms with Crippen molar-refractivity contribution in [3.63, 3.8) is 0 Å². The number of hydrogen-bond acceptors (Lipinski definition) is 6. The average molecular weight is 645 g/mol. The van der Waals surface area contributed by atoms with E-state index in [4.69, 9.17) is 9.47 Å². The van der Waals surface area contributed by atoms with Crippen molar-refractivity contribution in [2.24, 2.45) is 0 Å². The summed E-state index contributed by atoms with van der Waals surface area (Å²) in [6.07, 6.45) is 0.254. The highest BCUT2D eigenvalue weighted by Gasteiger charge is 2.34. The first-order chi connectivity index (χ1) is 19.6. The van der Waals surface area contributed by atoms with Crippen molar-refractivity contribution in [2.75, 3.05) is 23.4 Å². The van der Waals surface area contributed by atoms with Gasteiger partial charge in [-0.2, -0.15) is 0 Å². The van der Waals surface area contributed by atoms with Gasteiger partial charge >= 0.3 is 0 Å². The van der Waals surface area contributed by atoms with Gasteiger partial charge in [0.25, 0.3) is 0 Å². The Bertz CT molecular complexity index is 1480. The molecule has 0 fully saturated rings. The van der Waals surface area contributed by atoms with Gasteiger partial charge in [0.1, 0.15) is 12.6 Å². The summed E-state index contributed by atoms with van der Waals surface area (Å²) in [4.78, 5) is 29.3. The number of carbonyl (C=O) groups is 2. The van der Waals surface area contributed by atoms with Crippen molar-refractivity contribution >= 4 is 43.5 Å². The minimum Gasteiger partial charge on any atom is -0.454 e. The van der Waals surface area contributed by atoms with Crippen molar-refractivity contribution in [2.45, 2.75) is 45.8 Å². The van der Waals surface area contributed by atoms with Crippen LogP contribution < -0.4 is 19.1 Å². The van der Waals surface area contributed by atoms with E-state index >= 15 is 0 Å². The van der Waals surface area contributed by atoms with E-state index in [9.17, 15) is 18.0 Å². The SMILES string of the molecule is CCS(=O)(=O)N(CC(=O)N(Cc1cccc(Br)c1)[C@H](Cc1ccccc1)C(=O)NC(C)C)c1ccc2c(c1)OCO2. The fourth-order valence-corrected chi connectivity index (χ4v) is 6.03. The number of amides is 2. The number of hydrogen-bond donors (Lipinski definition) is 1. The highest BCUT2D eigenvalue weighted by molar-refractivity contribution is 9.10. The molecule has 41 heavy (non-hydrogen) atoms. The molecule has 2 amide bonds. The van der Waals surface area contributed by atoms with Crippen LogP contribution in [0, 0.1) is 0 Å². The summed E-state index contributed by atoms with van der Waals surface area (Å²) in [7, 11) is -3.88. The van der Waals surface area contributed by atoms with Crippen LogP contribution in [0.2, 0.25) is 0 Å². The molecule has 11 heteroatoms. The Morgan fingerprint density at radius 2 is 1.66 bits per heavy atom. The van der Waals surface area contributed by atoms with Crippen LogP contribution in [0.3, 0.4) is 0 Å². The second-order valence-electron chi connectivity index (χ2n) is 9.97. The van der Waals surface area contributed by atoms with Crippen LogP contribution in [-0.4, -0.2) is 56.3 Å². The highest BCUT2D eigenvalue weighted by atomic mass is 79.9. The molecule has 3 aromatic rings. The molecule has 0 aliphatic carbocycles. The maximum Gasteiger partial charge on any atom is 0.244 e. The highest BCUT2D eigenvalue weighted by Crippen LogP contribution is 2.36. The molecule has 4 rings (SSSR count). The van der Waals surface area contributed by atoms with Crippen LogP contribution in [0.5, 0.6) is 11.5 Å². The zero-order chi connectivity index (χ0) is 29.6. The number of nitrogens with zero attached hydrogens (tertiary/aromatic N) is 2. The molecule has 0 bridgehead atoms. The lowest BCUT2D eigenvalue weighted by Crippen LogP contribution is -2.54. The molecule has 0 radical (unpaired) electrons. The molecule has 218 valence electrons. The largest absolute Gasteiger partial charge is 0.454 e. The first kappa shape index (κ1) is 30.4. The van der Waals surface area contributed by atoms with Gasteiger partial charge in [-0.05, 0) is 56.2 Å². The Hall–Kier alpha value is -3.57. The van der Waals surface area contributed by atoms with E-state index in [1.807, 2.05) is 68.4 Å². The maximum atomic E-state index is 14.2. The second kappa shape index (κ2) is 13.4. The van der Waals surface area contributed by atoms with E-state index in [1.165, 1.54) is 11.8 Å². The molecule has 9 nitrogen and oxygen atoms in total. The van der Waals surface area contributed by atoms with Crippen LogP contribution >= 0.6 is 15.9 Å². The zero-order valence-electron chi connectivity index (χ0n) is 23.2. The number of nitrogens with one attached hydrogen (secondary N) is 1. The van der Waals surface area contributed by atoms with Crippen LogP contribution in [0.1, 0.15) is 31.9 Å². The predicted molar refractivity (Wildman–Crippen MR) is 161 cm³/mol. The molecule has 1 atom stereocenters. The summed E-state index contributed by atoms with van der Waals surface area (Å²) in [6, 6.07) is 20.6. The average Bonchev–Trinajstić information content (AvgIpc) is 3.41. The summed E-state index contributed by atoms with van der Waals surface area (Å²) < 4.78 is 39.3. The third-order valence-electron chi connectivity index (χ3n) is 6.57. The van der Waals surface area contributed by atoms with E-state index in [2.05, 4.69) is 21.2 Å². The standard InChI is InChI=1S/C30H34BrN3O6S/c1-4-41(37,38)34(25-13-14-27-28(17-25)40-20-39-27)19-29(35)33(18-23-11-8-12-24(31)15-23)26(30(36)32-21(2)3)16-22-9-6-5-7-10-22/h5-15,17,21,26H,4,16,18-20H2,1-3H3,(H,32,36)/t26-/m1/s1. The Morgan fingerprint density at radius 1 is 0.951 bits per heavy atom. The normalized spacial score (nSPS) is 13.1. The summed E-state index contributed by atoms with van der Waals surface area (Å²) in [5, 5.41) is 2.95. The van der Waals surface area contributed by atoms with Gasteiger partial charge in [-0.1, -0.05) is 58.4 Å². The number of benzene rings is 3. The first-order valence-electron chi connectivity index (χ1n) is 13.4. The van der Waals surface area contributed by atoms with Crippen molar-refractivity contribution in [1.29, 1.82) is 0 Å². The number of rotatable bonds is 12. The lowest BCUT2D eigenvalue weighted by Gasteiger charge is -2.34. The molecule has 0 aromatic heterocycles. The van der Waals surface area contributed by atoms with Gasteiger partial charge in [0.15, 0.2) is 11.5 Å². The molecule has 0 spiro atoms. The Labute approximate surface area is 249 Å². The molecule has 1 N–H and O–H groups in total. The minimum atomic E-state index is -3.88. The molecule has 1 aliphatic heterocycles. The molecule has 1 aliphatic rings. The van der Waals surface area contributed by atoms with Crippen molar-refractivity contribution in [3.8, 4) is 11.5 Å². The number of sulfonamides is 1. The number of ether oxygens (including phenoxy) is 2. The maximum absolute atomic E-state index is 14.2. The van der Waals surface area contributed by atoms with Crippen molar-refractivity contribution < 1.29 is 27.5 Å². The van der Waals surface area contributed by atoms with Gasteiger partial charge in [0.2, 0.25) is 28.6 Å². The minimum absolute atomic E-state index is 0.0325. The molecule has 0 saturated carbocycles. The number of anilines is 1. The third kappa shape index (κ3) is 7.80. The number of halogens is 1. The van der Waals surface area contributed by atoms with Gasteiger partial charge in [0, 0.05) is 29.5 Å². The number of carbonyl (C=O) groups excluding carboxylic acids is 2. The molecular weight excluding hydrogens is 610 g/mol. The molecule has 0 saturated heterocycles. The van der Waals surface area contributed by atoms with Gasteiger partial charge in [-0.15, -0.1) is 0 Å². The lowest BCUT2D eigenvalue weighted by molar-refractivity contribution is -0.140. The first-order valence-corrected chi connectivity index (χ1v) is 15.8. The summed E-state index contributed by atoms with van der Waals surface area (Å²) >= 11 is 3.48. The zero-order valence-corrected chi connectivity index (χ0v) is 25.7. The Balaban J connectivity index is 1.75. The van der Waals surface area contributed by atoms with Crippen molar-refractivity contribution in [1.82, 2.24) is 10.2 Å². The van der Waals surface area contributed by atoms with Gasteiger partial charge in [-0.25, -0.2) is 8.42 Å². The Kier molecular flexibility index (Phi) is 9.93. The van der Waals surface area contributed by atoms with E-state index in [-0.39, 0.29) is 43.1 Å². The van der Waals surface area contributed by atoms with Gasteiger partial charge in [0.05, 0.1) is 11.4 Å². The number of fused-ring (bicyclic) bond motifs is 1. The topological polar surface area (TPSA) is 105 Å². The van der Waals surface area contributed by atoms with Crippen LogP contribution in [-0.2, 0) is 32.6 Å². The summed E-state index contributed by atoms with van der Waals surface area (Å²) in [6.45, 7) is 4.87. The molecule has 0 unspecified atom stereocenters. The predicted octanol–water partition coefficient (Wildman–Crippen LogP) is 4.50. The summed E-state index contributed by atoms with van der Waals surface area (Å²) in [5.74, 6) is -0.157. The smallest absolute Gasteiger partial charge is 0.244 e. The van der Waals surface area contributed by atoms with Crippen molar-refractivity contribution in [3.05, 3.63) is 88.4 Å². The lowest BCUT2D eigenvalue weighted by atomic mass is 10.0. The Morgan fingerprint density at radius 3 is 2.34 bits per heavy atom.